The first-order valence-electron chi connectivity index (χ1n) is 20.3. The smallest absolute Gasteiger partial charge is 0.308 e. The van der Waals surface area contributed by atoms with Crippen LogP contribution in [0.4, 0.5) is 0 Å². The highest BCUT2D eigenvalue weighted by Crippen LogP contribution is 2.75. The molecule has 0 amide bonds. The highest BCUT2D eigenvalue weighted by Gasteiger charge is 2.72. The second-order valence-corrected chi connectivity index (χ2v) is 20.1. The quantitative estimate of drug-likeness (QED) is 0.161. The normalized spacial score (nSPS) is 40.4. The number of hydrogen-bond acceptors (Lipinski definition) is 7. The van der Waals surface area contributed by atoms with Gasteiger partial charge in [-0.25, -0.2) is 0 Å². The molecule has 2 aliphatic heterocycles. The Labute approximate surface area is 322 Å². The number of Topliss-reactive ketones (excluding diaryl/α,β-unsaturated/α-hetero) is 1. The van der Waals surface area contributed by atoms with Crippen LogP contribution in [0.25, 0.3) is 11.1 Å². The number of carboxylic acids is 1. The van der Waals surface area contributed by atoms with E-state index >= 15 is 0 Å². The largest absolute Gasteiger partial charge is 0.481 e. The zero-order chi connectivity index (χ0) is 40.0. The maximum Gasteiger partial charge on any atom is 0.308 e. The number of benzene rings is 1. The van der Waals surface area contributed by atoms with Crippen molar-refractivity contribution >= 4 is 22.9 Å². The van der Waals surface area contributed by atoms with Crippen LogP contribution in [0.2, 0.25) is 0 Å². The number of hydrogen-bond donors (Lipinski definition) is 4. The van der Waals surface area contributed by atoms with Gasteiger partial charge in [0.15, 0.2) is 11.6 Å². The third kappa shape index (κ3) is 5.11. The van der Waals surface area contributed by atoms with Gasteiger partial charge in [0.25, 0.3) is 0 Å². The number of carboxylic acid groups (broad SMARTS) is 1. The van der Waals surface area contributed by atoms with Crippen molar-refractivity contribution in [3.63, 3.8) is 0 Å². The summed E-state index contributed by atoms with van der Waals surface area (Å²) in [4.78, 5) is 26.4. The van der Waals surface area contributed by atoms with Crippen molar-refractivity contribution < 1.29 is 39.5 Å². The lowest BCUT2D eigenvalue weighted by molar-refractivity contribution is -0.304. The van der Waals surface area contributed by atoms with Crippen LogP contribution < -0.4 is 0 Å². The van der Waals surface area contributed by atoms with Gasteiger partial charge in [0.2, 0.25) is 0 Å². The summed E-state index contributed by atoms with van der Waals surface area (Å²) in [5, 5.41) is 45.2. The average molecular weight is 745 g/mol. The lowest BCUT2D eigenvalue weighted by Crippen LogP contribution is -2.63. The number of allylic oxidation sites excluding steroid dienone is 3. The van der Waals surface area contributed by atoms with Crippen LogP contribution in [0.1, 0.15) is 153 Å². The van der Waals surface area contributed by atoms with Gasteiger partial charge in [-0.3, -0.25) is 9.59 Å². The summed E-state index contributed by atoms with van der Waals surface area (Å²) in [5.41, 5.74) is 6.29. The van der Waals surface area contributed by atoms with E-state index in [0.29, 0.717) is 29.9 Å². The number of fused-ring (bicyclic) bond motifs is 8. The topological polar surface area (TPSA) is 134 Å². The van der Waals surface area contributed by atoms with Crippen molar-refractivity contribution in [2.24, 2.45) is 45.8 Å². The fourth-order valence-corrected chi connectivity index (χ4v) is 13.2. The molecule has 4 N–H and O–H groups in total. The molecule has 6 aliphatic rings. The Hall–Kier alpha value is -2.62. The average Bonchev–Trinajstić information content (AvgIpc) is 3.62. The third-order valence-electron chi connectivity index (χ3n) is 16.5. The maximum absolute atomic E-state index is 14.6. The molecule has 1 aromatic carbocycles. The highest BCUT2D eigenvalue weighted by molar-refractivity contribution is 6.05. The van der Waals surface area contributed by atoms with Crippen molar-refractivity contribution in [2.75, 3.05) is 0 Å². The molecule has 7 rings (SSSR count). The molecule has 3 fully saturated rings. The van der Waals surface area contributed by atoms with Crippen LogP contribution in [-0.4, -0.2) is 61.4 Å². The molecule has 8 nitrogen and oxygen atoms in total. The van der Waals surface area contributed by atoms with E-state index in [9.17, 15) is 30.0 Å². The van der Waals surface area contributed by atoms with Gasteiger partial charge >= 0.3 is 5.97 Å². The molecule has 2 saturated carbocycles. The Morgan fingerprint density at radius 2 is 1.63 bits per heavy atom. The molecule has 4 aliphatic carbocycles. The number of rotatable bonds is 7. The number of aliphatic hydroxyl groups is 3. The van der Waals surface area contributed by atoms with Crippen LogP contribution >= 0.6 is 0 Å². The van der Waals surface area contributed by atoms with Crippen molar-refractivity contribution in [2.45, 2.75) is 157 Å². The van der Waals surface area contributed by atoms with E-state index in [4.69, 9.17) is 9.47 Å². The van der Waals surface area contributed by atoms with Crippen molar-refractivity contribution in [3.05, 3.63) is 57.7 Å². The van der Waals surface area contributed by atoms with Gasteiger partial charge in [0.1, 0.15) is 0 Å². The van der Waals surface area contributed by atoms with E-state index in [-0.39, 0.29) is 28.4 Å². The predicted molar refractivity (Wildman–Crippen MR) is 209 cm³/mol. The molecule has 12 unspecified atom stereocenters. The fourth-order valence-electron chi connectivity index (χ4n) is 13.2. The Bertz CT molecular complexity index is 1900. The number of carbonyl (C=O) groups excluding carboxylic acids is 1. The molecule has 8 heteroatoms. The standard InChI is InChI=1S/C46H64O8/c1-22(2)23(3)38(48)34-24(4)28(19-30-31-20-41(7,8)54-42(9,10)36(31)39(49)35(30)34)29-18-27-14-15-33-43(11,45(27,13)26(29)6)16-17-46(52)44(33,12)21-32(53-46)37(47)25(5)40(50)51/h19-20,23,25,27,32-33,36-37,39,47,49,52H,1,14-18,21H2,2-13H3,(H,50,51). The second kappa shape index (κ2) is 12.2. The molecule has 0 bridgehead atoms. The number of ketones is 1. The van der Waals surface area contributed by atoms with Crippen LogP contribution in [0.15, 0.2) is 29.9 Å². The maximum atomic E-state index is 14.6. The van der Waals surface area contributed by atoms with Gasteiger partial charge in [-0.15, -0.1) is 0 Å². The van der Waals surface area contributed by atoms with Crippen molar-refractivity contribution in [3.8, 4) is 0 Å². The molecule has 54 heavy (non-hydrogen) atoms. The monoisotopic (exact) mass is 744 g/mol. The molecule has 296 valence electrons. The summed E-state index contributed by atoms with van der Waals surface area (Å²) in [6.45, 7) is 28.9. The first-order valence-corrected chi connectivity index (χ1v) is 20.3. The van der Waals surface area contributed by atoms with E-state index in [1.807, 2.05) is 27.7 Å². The Morgan fingerprint density at radius 1 is 0.981 bits per heavy atom. The van der Waals surface area contributed by atoms with Crippen molar-refractivity contribution in [1.29, 1.82) is 0 Å². The van der Waals surface area contributed by atoms with Gasteiger partial charge in [-0.2, -0.15) is 0 Å². The summed E-state index contributed by atoms with van der Waals surface area (Å²) in [6.07, 6.45) is 3.50. The first kappa shape index (κ1) is 39.6. The molecule has 0 spiro atoms. The molecular formula is C46H64O8. The Morgan fingerprint density at radius 3 is 2.24 bits per heavy atom. The van der Waals surface area contributed by atoms with E-state index in [2.05, 4.69) is 67.2 Å². The van der Waals surface area contributed by atoms with E-state index in [1.165, 1.54) is 18.1 Å². The minimum atomic E-state index is -1.45. The number of aliphatic hydroxyl groups excluding tert-OH is 2. The number of ether oxygens (including phenoxy) is 2. The number of carbonyl (C=O) groups is 2. The molecule has 2 heterocycles. The second-order valence-electron chi connectivity index (χ2n) is 20.1. The lowest BCUT2D eigenvalue weighted by Gasteiger charge is -2.66. The zero-order valence-corrected chi connectivity index (χ0v) is 34.6. The van der Waals surface area contributed by atoms with Gasteiger partial charge in [0.05, 0.1) is 35.4 Å². The molecule has 12 atom stereocenters. The zero-order valence-electron chi connectivity index (χ0n) is 34.6. The summed E-state index contributed by atoms with van der Waals surface area (Å²) in [5.74, 6) is -3.89. The molecular weight excluding hydrogens is 680 g/mol. The van der Waals surface area contributed by atoms with E-state index in [0.717, 1.165) is 53.5 Å². The minimum Gasteiger partial charge on any atom is -0.481 e. The summed E-state index contributed by atoms with van der Waals surface area (Å²) in [7, 11) is 0. The minimum absolute atomic E-state index is 0.0176. The lowest BCUT2D eigenvalue weighted by atomic mass is 9.39. The van der Waals surface area contributed by atoms with Gasteiger partial charge in [-0.1, -0.05) is 45.4 Å². The van der Waals surface area contributed by atoms with E-state index < -0.39 is 58.5 Å². The number of aliphatic carboxylic acids is 1. The van der Waals surface area contributed by atoms with Crippen LogP contribution in [0.3, 0.4) is 0 Å². The first-order chi connectivity index (χ1) is 24.8. The van der Waals surface area contributed by atoms with Gasteiger partial charge < -0.3 is 29.9 Å². The van der Waals surface area contributed by atoms with Gasteiger partial charge in [0, 0.05) is 29.2 Å². The summed E-state index contributed by atoms with van der Waals surface area (Å²) >= 11 is 0. The summed E-state index contributed by atoms with van der Waals surface area (Å²) in [6, 6.07) is 2.26. The Balaban J connectivity index is 1.37. The van der Waals surface area contributed by atoms with Crippen molar-refractivity contribution in [1.82, 2.24) is 0 Å². The van der Waals surface area contributed by atoms with E-state index in [1.54, 1.807) is 0 Å². The third-order valence-corrected chi connectivity index (χ3v) is 16.5. The SMILES string of the molecule is C=C(C)C(C)C(=O)c1c(C)c(C2=C(C)C3(C)C(CCC4C5(C)CC(C(O)C(C)C(=O)O)OC5(O)CCC43C)C2)cc2c1C(O)C1C2=CC(C)(C)OC1(C)C. The van der Waals surface area contributed by atoms with Crippen LogP contribution in [-0.2, 0) is 14.3 Å². The molecule has 0 radical (unpaired) electrons. The summed E-state index contributed by atoms with van der Waals surface area (Å²) < 4.78 is 12.9. The molecule has 1 aromatic rings. The van der Waals surface area contributed by atoms with Crippen LogP contribution in [0, 0.1) is 52.8 Å². The van der Waals surface area contributed by atoms with Gasteiger partial charge in [-0.05, 0) is 156 Å². The molecule has 0 aromatic heterocycles. The Kier molecular flexibility index (Phi) is 8.94. The predicted octanol–water partition coefficient (Wildman–Crippen LogP) is 8.60. The molecule has 1 saturated heterocycles. The highest BCUT2D eigenvalue weighted by atomic mass is 16.6. The van der Waals surface area contributed by atoms with Crippen LogP contribution in [0.5, 0.6) is 0 Å². The fraction of sp³-hybridized carbons (Fsp3) is 0.696.